The van der Waals surface area contributed by atoms with Gasteiger partial charge in [0.15, 0.2) is 0 Å². The van der Waals surface area contributed by atoms with Gasteiger partial charge in [-0.1, -0.05) is 40.7 Å². The molecule has 0 aliphatic rings. The molecule has 5 nitrogen and oxygen atoms in total. The molecule has 0 unspecified atom stereocenters. The molecule has 0 heterocycles. The Morgan fingerprint density at radius 2 is 1.62 bits per heavy atom. The maximum absolute atomic E-state index is 13.0. The number of amides is 1. The Hall–Kier alpha value is -1.56. The van der Waals surface area contributed by atoms with Gasteiger partial charge in [-0.05, 0) is 55.4 Å². The smallest absolute Gasteiger partial charge is 0.244 e. The van der Waals surface area contributed by atoms with Crippen LogP contribution in [0, 0.1) is 25.7 Å². The largest absolute Gasteiger partial charge is 0.351 e. The Labute approximate surface area is 159 Å². The van der Waals surface area contributed by atoms with Crippen LogP contribution in [0.5, 0.6) is 0 Å². The molecule has 0 aliphatic carbocycles. The van der Waals surface area contributed by atoms with Crippen LogP contribution in [0.4, 0.5) is 5.69 Å². The second-order valence-electron chi connectivity index (χ2n) is 7.77. The van der Waals surface area contributed by atoms with Crippen molar-refractivity contribution in [2.24, 2.45) is 11.8 Å². The Kier molecular flexibility index (Phi) is 7.69. The molecule has 1 N–H and O–H groups in total. The highest BCUT2D eigenvalue weighted by Gasteiger charge is 2.33. The van der Waals surface area contributed by atoms with Crippen LogP contribution in [0.15, 0.2) is 18.2 Å². The van der Waals surface area contributed by atoms with E-state index in [9.17, 15) is 13.2 Å². The van der Waals surface area contributed by atoms with E-state index in [-0.39, 0.29) is 23.8 Å². The first kappa shape index (κ1) is 22.5. The van der Waals surface area contributed by atoms with Crippen LogP contribution in [0.2, 0.25) is 0 Å². The second-order valence-corrected chi connectivity index (χ2v) is 9.63. The standard InChI is InChI=1S/C20H34N2O3S/c1-9-18(20(23)21-19(13(2)3)14(4)5)22(26(8,24)25)17-11-10-15(6)16(7)12-17/h10-14,18-19H,9H2,1-8H3,(H,21,23)/t18-/m1/s1. The molecule has 0 saturated carbocycles. The molecule has 1 rings (SSSR count). The lowest BCUT2D eigenvalue weighted by molar-refractivity contribution is -0.123. The first-order valence-corrected chi connectivity index (χ1v) is 11.1. The number of nitrogens with zero attached hydrogens (tertiary/aromatic N) is 1. The molecule has 0 saturated heterocycles. The molecule has 148 valence electrons. The first-order chi connectivity index (χ1) is 11.9. The number of nitrogens with one attached hydrogen (secondary N) is 1. The highest BCUT2D eigenvalue weighted by molar-refractivity contribution is 7.92. The molecule has 0 aromatic heterocycles. The third kappa shape index (κ3) is 5.47. The average Bonchev–Trinajstić information content (AvgIpc) is 2.50. The van der Waals surface area contributed by atoms with Crippen molar-refractivity contribution < 1.29 is 13.2 Å². The normalized spacial score (nSPS) is 13.3. The average molecular weight is 383 g/mol. The number of aryl methyl sites for hydroxylation is 2. The van der Waals surface area contributed by atoms with Crippen LogP contribution < -0.4 is 9.62 Å². The van der Waals surface area contributed by atoms with E-state index in [0.717, 1.165) is 17.4 Å². The van der Waals surface area contributed by atoms with Gasteiger partial charge in [-0.15, -0.1) is 0 Å². The molecule has 0 aliphatic heterocycles. The van der Waals surface area contributed by atoms with Crippen molar-refractivity contribution >= 4 is 21.6 Å². The molecule has 1 atom stereocenters. The summed E-state index contributed by atoms with van der Waals surface area (Å²) < 4.78 is 26.3. The van der Waals surface area contributed by atoms with Crippen LogP contribution in [0.25, 0.3) is 0 Å². The van der Waals surface area contributed by atoms with Crippen LogP contribution >= 0.6 is 0 Å². The number of hydrogen-bond acceptors (Lipinski definition) is 3. The van der Waals surface area contributed by atoms with Crippen LogP contribution in [-0.2, 0) is 14.8 Å². The summed E-state index contributed by atoms with van der Waals surface area (Å²) in [5, 5.41) is 3.07. The molecular weight excluding hydrogens is 348 g/mol. The number of carbonyl (C=O) groups excluding carboxylic acids is 1. The molecule has 6 heteroatoms. The highest BCUT2D eigenvalue weighted by Crippen LogP contribution is 2.25. The van der Waals surface area contributed by atoms with Crippen LogP contribution in [0.1, 0.15) is 52.2 Å². The number of sulfonamides is 1. The van der Waals surface area contributed by atoms with E-state index in [0.29, 0.717) is 12.1 Å². The predicted octanol–water partition coefficient (Wildman–Crippen LogP) is 3.64. The molecular formula is C20H34N2O3S. The summed E-state index contributed by atoms with van der Waals surface area (Å²) in [7, 11) is -3.61. The summed E-state index contributed by atoms with van der Waals surface area (Å²) in [6.07, 6.45) is 1.55. The van der Waals surface area contributed by atoms with E-state index in [1.165, 1.54) is 4.31 Å². The summed E-state index contributed by atoms with van der Waals surface area (Å²) in [6, 6.07) is 4.71. The number of rotatable bonds is 8. The van der Waals surface area contributed by atoms with Crippen molar-refractivity contribution in [3.63, 3.8) is 0 Å². The number of benzene rings is 1. The van der Waals surface area contributed by atoms with Gasteiger partial charge in [0.25, 0.3) is 0 Å². The zero-order valence-corrected chi connectivity index (χ0v) is 18.1. The Morgan fingerprint density at radius 3 is 2.00 bits per heavy atom. The highest BCUT2D eigenvalue weighted by atomic mass is 32.2. The van der Waals surface area contributed by atoms with E-state index in [4.69, 9.17) is 0 Å². The monoisotopic (exact) mass is 382 g/mol. The molecule has 1 aromatic carbocycles. The van der Waals surface area contributed by atoms with Gasteiger partial charge >= 0.3 is 0 Å². The van der Waals surface area contributed by atoms with Gasteiger partial charge in [0.2, 0.25) is 15.9 Å². The molecule has 0 bridgehead atoms. The van der Waals surface area contributed by atoms with Gasteiger partial charge in [-0.2, -0.15) is 0 Å². The minimum absolute atomic E-state index is 0.00212. The van der Waals surface area contributed by atoms with Gasteiger partial charge in [-0.3, -0.25) is 9.10 Å². The molecule has 1 amide bonds. The summed E-state index contributed by atoms with van der Waals surface area (Å²) in [5.74, 6) is 0.290. The van der Waals surface area contributed by atoms with E-state index < -0.39 is 16.1 Å². The van der Waals surface area contributed by atoms with Crippen LogP contribution in [-0.4, -0.2) is 32.7 Å². The fourth-order valence-corrected chi connectivity index (χ4v) is 4.49. The van der Waals surface area contributed by atoms with Gasteiger partial charge in [0.1, 0.15) is 6.04 Å². The molecule has 0 radical (unpaired) electrons. The Balaban J connectivity index is 3.30. The number of carbonyl (C=O) groups is 1. The summed E-state index contributed by atoms with van der Waals surface area (Å²) in [4.78, 5) is 13.0. The maximum atomic E-state index is 13.0. The molecule has 0 fully saturated rings. The van der Waals surface area contributed by atoms with E-state index in [1.54, 1.807) is 6.07 Å². The lowest BCUT2D eigenvalue weighted by atomic mass is 9.93. The second kappa shape index (κ2) is 8.89. The first-order valence-electron chi connectivity index (χ1n) is 9.27. The third-order valence-electron chi connectivity index (χ3n) is 4.82. The zero-order chi connectivity index (χ0) is 20.2. The quantitative estimate of drug-likeness (QED) is 0.746. The minimum Gasteiger partial charge on any atom is -0.351 e. The lowest BCUT2D eigenvalue weighted by Gasteiger charge is -2.33. The van der Waals surface area contributed by atoms with Crippen molar-refractivity contribution in [3.8, 4) is 0 Å². The van der Waals surface area contributed by atoms with E-state index in [2.05, 4.69) is 33.0 Å². The van der Waals surface area contributed by atoms with Gasteiger partial charge < -0.3 is 5.32 Å². The zero-order valence-electron chi connectivity index (χ0n) is 17.3. The van der Waals surface area contributed by atoms with Crippen LogP contribution in [0.3, 0.4) is 0 Å². The van der Waals surface area contributed by atoms with Crippen molar-refractivity contribution in [1.29, 1.82) is 0 Å². The number of hydrogen-bond donors (Lipinski definition) is 1. The van der Waals surface area contributed by atoms with Gasteiger partial charge in [0, 0.05) is 6.04 Å². The van der Waals surface area contributed by atoms with Crippen molar-refractivity contribution in [2.75, 3.05) is 10.6 Å². The topological polar surface area (TPSA) is 66.5 Å². The predicted molar refractivity (Wildman–Crippen MR) is 109 cm³/mol. The van der Waals surface area contributed by atoms with Gasteiger partial charge in [0.05, 0.1) is 11.9 Å². The summed E-state index contributed by atoms with van der Waals surface area (Å²) in [5.41, 5.74) is 2.61. The Bertz CT molecular complexity index is 719. The lowest BCUT2D eigenvalue weighted by Crippen LogP contribution is -2.53. The van der Waals surface area contributed by atoms with Gasteiger partial charge in [-0.25, -0.2) is 8.42 Å². The van der Waals surface area contributed by atoms with Crippen molar-refractivity contribution in [1.82, 2.24) is 5.32 Å². The third-order valence-corrected chi connectivity index (χ3v) is 6.00. The van der Waals surface area contributed by atoms with E-state index >= 15 is 0 Å². The van der Waals surface area contributed by atoms with Crippen molar-refractivity contribution in [2.45, 2.75) is 67.0 Å². The molecule has 1 aromatic rings. The molecule has 26 heavy (non-hydrogen) atoms. The minimum atomic E-state index is -3.61. The fraction of sp³-hybridized carbons (Fsp3) is 0.650. The number of anilines is 1. The molecule has 0 spiro atoms. The van der Waals surface area contributed by atoms with Crippen molar-refractivity contribution in [3.05, 3.63) is 29.3 Å². The SMILES string of the molecule is CC[C@H](C(=O)NC(C(C)C)C(C)C)N(c1ccc(C)c(C)c1)S(C)(=O)=O. The van der Waals surface area contributed by atoms with E-state index in [1.807, 2.05) is 32.9 Å². The summed E-state index contributed by atoms with van der Waals surface area (Å²) >= 11 is 0. The summed E-state index contributed by atoms with van der Waals surface area (Å²) in [6.45, 7) is 14.0. The fourth-order valence-electron chi connectivity index (χ4n) is 3.29. The maximum Gasteiger partial charge on any atom is 0.244 e. The Morgan fingerprint density at radius 1 is 1.08 bits per heavy atom.